The van der Waals surface area contributed by atoms with E-state index < -0.39 is 0 Å². The van der Waals surface area contributed by atoms with Crippen LogP contribution in [0.4, 0.5) is 34.1 Å². The molecule has 0 N–H and O–H groups in total. The number of hydrogen-bond acceptors (Lipinski definition) is 2. The minimum atomic E-state index is -0.156. The maximum absolute atomic E-state index is 2.45. The zero-order valence-electron chi connectivity index (χ0n) is 35.5. The monoisotopic (exact) mass is 806 g/mol. The van der Waals surface area contributed by atoms with Crippen molar-refractivity contribution in [2.24, 2.45) is 0 Å². The summed E-state index contributed by atoms with van der Waals surface area (Å²) in [4.78, 5) is 4.86. The average molecular weight is 807 g/mol. The summed E-state index contributed by atoms with van der Waals surface area (Å²) in [7, 11) is 0. The highest BCUT2D eigenvalue weighted by Gasteiger charge is 2.36. The summed E-state index contributed by atoms with van der Waals surface area (Å²) in [5.74, 6) is 0. The molecule has 1 aliphatic carbocycles. The third-order valence-electron chi connectivity index (χ3n) is 12.8. The third-order valence-corrected chi connectivity index (χ3v) is 12.8. The molecule has 0 heterocycles. The van der Waals surface area contributed by atoms with Gasteiger partial charge in [0.25, 0.3) is 0 Å². The topological polar surface area (TPSA) is 6.48 Å². The molecule has 2 nitrogen and oxygen atoms in total. The normalized spacial score (nSPS) is 12.4. The predicted molar refractivity (Wildman–Crippen MR) is 267 cm³/mol. The molecule has 0 aromatic heterocycles. The van der Waals surface area contributed by atoms with Crippen molar-refractivity contribution in [3.05, 3.63) is 254 Å². The fourth-order valence-corrected chi connectivity index (χ4v) is 9.77. The number of anilines is 6. The molecule has 0 aliphatic heterocycles. The summed E-state index contributed by atoms with van der Waals surface area (Å²) in [6.07, 6.45) is 0. The first-order valence-corrected chi connectivity index (χ1v) is 21.8. The zero-order chi connectivity index (χ0) is 42.3. The highest BCUT2D eigenvalue weighted by Crippen LogP contribution is 2.52. The molecule has 0 unspecified atom stereocenters. The van der Waals surface area contributed by atoms with Gasteiger partial charge in [-0.2, -0.15) is 0 Å². The summed E-state index contributed by atoms with van der Waals surface area (Å²) in [6.45, 7) is 4.72. The molecule has 1 aliphatic rings. The Bertz CT molecular complexity index is 3190. The van der Waals surface area contributed by atoms with Crippen LogP contribution in [0, 0.1) is 0 Å². The van der Waals surface area contributed by atoms with Crippen molar-refractivity contribution in [1.29, 1.82) is 0 Å². The number of benzene rings is 10. The third kappa shape index (κ3) is 6.87. The lowest BCUT2D eigenvalue weighted by molar-refractivity contribution is 0.660. The quantitative estimate of drug-likeness (QED) is 0.143. The van der Waals surface area contributed by atoms with Crippen molar-refractivity contribution in [1.82, 2.24) is 0 Å². The van der Waals surface area contributed by atoms with Crippen molar-refractivity contribution in [2.45, 2.75) is 19.3 Å². The first-order chi connectivity index (χ1) is 31.0. The second-order valence-electron chi connectivity index (χ2n) is 17.0. The number of para-hydroxylation sites is 2. The van der Waals surface area contributed by atoms with Crippen molar-refractivity contribution in [3.63, 3.8) is 0 Å². The maximum Gasteiger partial charge on any atom is 0.0488 e. The summed E-state index contributed by atoms with van der Waals surface area (Å²) in [5.41, 5.74) is 18.7. The van der Waals surface area contributed by atoms with Crippen LogP contribution in [-0.2, 0) is 5.41 Å². The smallest absolute Gasteiger partial charge is 0.0488 e. The van der Waals surface area contributed by atoms with E-state index >= 15 is 0 Å². The van der Waals surface area contributed by atoms with E-state index in [9.17, 15) is 0 Å². The van der Waals surface area contributed by atoms with E-state index in [1.807, 2.05) is 0 Å². The molecule has 0 bridgehead atoms. The van der Waals surface area contributed by atoms with Gasteiger partial charge in [0.1, 0.15) is 0 Å². The molecule has 63 heavy (non-hydrogen) atoms. The van der Waals surface area contributed by atoms with Crippen LogP contribution >= 0.6 is 0 Å². The molecule has 300 valence electrons. The maximum atomic E-state index is 2.45. The van der Waals surface area contributed by atoms with E-state index in [2.05, 4.69) is 266 Å². The van der Waals surface area contributed by atoms with Gasteiger partial charge in [-0.3, -0.25) is 0 Å². The fourth-order valence-electron chi connectivity index (χ4n) is 9.77. The van der Waals surface area contributed by atoms with E-state index in [4.69, 9.17) is 0 Å². The largest absolute Gasteiger partial charge is 0.310 e. The van der Waals surface area contributed by atoms with Gasteiger partial charge in [-0.15, -0.1) is 0 Å². The van der Waals surface area contributed by atoms with Gasteiger partial charge < -0.3 is 9.80 Å². The predicted octanol–water partition coefficient (Wildman–Crippen LogP) is 17.1. The van der Waals surface area contributed by atoms with E-state index in [0.29, 0.717) is 0 Å². The molecular formula is C61H46N2. The van der Waals surface area contributed by atoms with E-state index in [0.717, 1.165) is 39.7 Å². The first-order valence-electron chi connectivity index (χ1n) is 21.8. The van der Waals surface area contributed by atoms with E-state index in [1.54, 1.807) is 0 Å². The van der Waals surface area contributed by atoms with E-state index in [1.165, 1.54) is 60.8 Å². The summed E-state index contributed by atoms with van der Waals surface area (Å²) in [6, 6.07) is 88.6. The van der Waals surface area contributed by atoms with Crippen LogP contribution in [0.2, 0.25) is 0 Å². The van der Waals surface area contributed by atoms with E-state index in [-0.39, 0.29) is 5.41 Å². The lowest BCUT2D eigenvalue weighted by atomic mass is 9.82. The number of fused-ring (bicyclic) bond motifs is 4. The van der Waals surface area contributed by atoms with Crippen LogP contribution < -0.4 is 9.80 Å². The van der Waals surface area contributed by atoms with Crippen molar-refractivity contribution in [3.8, 4) is 44.5 Å². The highest BCUT2D eigenvalue weighted by molar-refractivity contribution is 5.99. The molecule has 0 saturated carbocycles. The van der Waals surface area contributed by atoms with Crippen molar-refractivity contribution < 1.29 is 0 Å². The Morgan fingerprint density at radius 1 is 0.270 bits per heavy atom. The molecule has 0 saturated heterocycles. The average Bonchev–Trinajstić information content (AvgIpc) is 3.57. The standard InChI is InChI=1S/C61H46N2/c1-61(2)58-33-18-17-30-56(58)57-37-36-51(42-59(57)61)63(49-28-13-6-14-29-49)53-40-47(60-54(44-21-7-3-8-22-44)31-19-32-55(60)45-23-9-4-10-24-45)39-52(41-53)62(48-26-11-5-12-27-48)50-35-34-43-20-15-16-25-46(43)38-50/h3-42H,1-2H3. The molecule has 0 atom stereocenters. The van der Waals surface area contributed by atoms with Gasteiger partial charge in [0, 0.05) is 39.5 Å². The summed E-state index contributed by atoms with van der Waals surface area (Å²) >= 11 is 0. The Hall–Kier alpha value is -7.94. The molecule has 10 aromatic carbocycles. The second-order valence-corrected chi connectivity index (χ2v) is 17.0. The Morgan fingerprint density at radius 2 is 0.730 bits per heavy atom. The summed E-state index contributed by atoms with van der Waals surface area (Å²) < 4.78 is 0. The number of rotatable bonds is 9. The molecule has 11 rings (SSSR count). The van der Waals surface area contributed by atoms with Crippen LogP contribution in [0.5, 0.6) is 0 Å². The minimum Gasteiger partial charge on any atom is -0.310 e. The van der Waals surface area contributed by atoms with Crippen LogP contribution in [-0.4, -0.2) is 0 Å². The van der Waals surface area contributed by atoms with Gasteiger partial charge in [0.05, 0.1) is 0 Å². The molecule has 0 spiro atoms. The Balaban J connectivity index is 1.22. The zero-order valence-corrected chi connectivity index (χ0v) is 35.5. The van der Waals surface area contributed by atoms with Gasteiger partial charge in [0.2, 0.25) is 0 Å². The molecule has 0 radical (unpaired) electrons. The molecule has 0 fully saturated rings. The van der Waals surface area contributed by atoms with Crippen LogP contribution in [0.25, 0.3) is 55.3 Å². The van der Waals surface area contributed by atoms with Crippen LogP contribution in [0.1, 0.15) is 25.0 Å². The molecule has 2 heteroatoms. The van der Waals surface area contributed by atoms with Crippen LogP contribution in [0.15, 0.2) is 243 Å². The first kappa shape index (κ1) is 38.0. The van der Waals surface area contributed by atoms with Gasteiger partial charge in [-0.05, 0) is 133 Å². The molecule has 10 aromatic rings. The summed E-state index contributed by atoms with van der Waals surface area (Å²) in [5, 5.41) is 2.41. The van der Waals surface area contributed by atoms with Gasteiger partial charge >= 0.3 is 0 Å². The van der Waals surface area contributed by atoms with Gasteiger partial charge in [-0.25, -0.2) is 0 Å². The molecule has 0 amide bonds. The minimum absolute atomic E-state index is 0.156. The fraction of sp³-hybridized carbons (Fsp3) is 0.0492. The lowest BCUT2D eigenvalue weighted by Crippen LogP contribution is -2.17. The van der Waals surface area contributed by atoms with Gasteiger partial charge in [-0.1, -0.05) is 190 Å². The Kier molecular flexibility index (Phi) is 9.55. The van der Waals surface area contributed by atoms with Crippen LogP contribution in [0.3, 0.4) is 0 Å². The second kappa shape index (κ2) is 15.8. The number of hydrogen-bond donors (Lipinski definition) is 0. The SMILES string of the molecule is CC1(C)c2ccccc2-c2ccc(N(c3ccccc3)c3cc(-c4c(-c5ccccc5)cccc4-c4ccccc4)cc(N(c4ccccc4)c4ccc5ccccc5c4)c3)cc21. The lowest BCUT2D eigenvalue weighted by Gasteiger charge is -2.31. The van der Waals surface area contributed by atoms with Crippen molar-refractivity contribution >= 4 is 44.9 Å². The van der Waals surface area contributed by atoms with Crippen molar-refractivity contribution in [2.75, 3.05) is 9.80 Å². The van der Waals surface area contributed by atoms with Gasteiger partial charge in [0.15, 0.2) is 0 Å². The molecular weight excluding hydrogens is 761 g/mol. The Morgan fingerprint density at radius 3 is 1.33 bits per heavy atom. The highest BCUT2D eigenvalue weighted by atomic mass is 15.2. The number of nitrogens with zero attached hydrogens (tertiary/aromatic N) is 2. The Labute approximate surface area is 370 Å².